The highest BCUT2D eigenvalue weighted by Crippen LogP contribution is 2.38. The van der Waals surface area contributed by atoms with Gasteiger partial charge in [0.05, 0.1) is 17.8 Å². The van der Waals surface area contributed by atoms with Crippen LogP contribution in [0.25, 0.3) is 32.8 Å². The molecule has 0 saturated heterocycles. The minimum absolute atomic E-state index is 0.366. The number of hydrogen-bond acceptors (Lipinski definition) is 3. The Morgan fingerprint density at radius 2 is 1.55 bits per heavy atom. The number of fused-ring (bicyclic) bond motifs is 2. The maximum absolute atomic E-state index is 13.1. The van der Waals surface area contributed by atoms with Gasteiger partial charge in [-0.25, -0.2) is 0 Å². The molecule has 162 valence electrons. The van der Waals surface area contributed by atoms with Crippen LogP contribution in [0.4, 0.5) is 0 Å². The molecule has 3 aromatic carbocycles. The molecule has 4 aromatic rings. The summed E-state index contributed by atoms with van der Waals surface area (Å²) in [5.41, 5.74) is 3.34. The summed E-state index contributed by atoms with van der Waals surface area (Å²) < 4.78 is 2.10. The number of rotatable bonds is 6. The van der Waals surface area contributed by atoms with E-state index in [1.165, 1.54) is 0 Å². The summed E-state index contributed by atoms with van der Waals surface area (Å²) in [4.78, 5) is 28.3. The molecule has 0 bridgehead atoms. The SMILES string of the molecule is C#CCCN(C)Cn1cc(C2=C(c3cccc4ccccc34)C(=O)NC2=O)c2ccccc21. The van der Waals surface area contributed by atoms with Crippen molar-refractivity contribution >= 4 is 44.6 Å². The molecule has 5 heteroatoms. The van der Waals surface area contributed by atoms with E-state index in [-0.39, 0.29) is 11.8 Å². The molecule has 1 N–H and O–H groups in total. The van der Waals surface area contributed by atoms with Gasteiger partial charge in [0.25, 0.3) is 11.8 Å². The normalized spacial score (nSPS) is 13.8. The van der Waals surface area contributed by atoms with Gasteiger partial charge < -0.3 is 4.57 Å². The van der Waals surface area contributed by atoms with Crippen LogP contribution in [0.1, 0.15) is 17.5 Å². The number of carbonyl (C=O) groups excluding carboxylic acids is 2. The number of carbonyl (C=O) groups is 2. The molecule has 33 heavy (non-hydrogen) atoms. The van der Waals surface area contributed by atoms with Gasteiger partial charge in [0.2, 0.25) is 0 Å². The Morgan fingerprint density at radius 3 is 2.33 bits per heavy atom. The van der Waals surface area contributed by atoms with Crippen LogP contribution in [-0.2, 0) is 16.3 Å². The Morgan fingerprint density at radius 1 is 0.879 bits per heavy atom. The first-order valence-corrected chi connectivity index (χ1v) is 10.9. The summed E-state index contributed by atoms with van der Waals surface area (Å²) in [7, 11) is 2.01. The van der Waals surface area contributed by atoms with E-state index in [1.54, 1.807) is 0 Å². The van der Waals surface area contributed by atoms with Crippen LogP contribution in [0.5, 0.6) is 0 Å². The second kappa shape index (κ2) is 8.42. The highest BCUT2D eigenvalue weighted by atomic mass is 16.2. The van der Waals surface area contributed by atoms with Gasteiger partial charge in [-0.3, -0.25) is 19.8 Å². The molecular formula is C28H23N3O2. The maximum atomic E-state index is 13.1. The Hall–Kier alpha value is -4.14. The van der Waals surface area contributed by atoms with Gasteiger partial charge in [0, 0.05) is 35.6 Å². The molecule has 0 unspecified atom stereocenters. The highest BCUT2D eigenvalue weighted by Gasteiger charge is 2.34. The largest absolute Gasteiger partial charge is 0.333 e. The lowest BCUT2D eigenvalue weighted by Crippen LogP contribution is -2.23. The second-order valence-corrected chi connectivity index (χ2v) is 8.26. The van der Waals surface area contributed by atoms with Crippen LogP contribution in [0.2, 0.25) is 0 Å². The lowest BCUT2D eigenvalue weighted by Gasteiger charge is -2.16. The van der Waals surface area contributed by atoms with Gasteiger partial charge >= 0.3 is 0 Å². The molecule has 0 radical (unpaired) electrons. The van der Waals surface area contributed by atoms with Crippen LogP contribution < -0.4 is 5.32 Å². The topological polar surface area (TPSA) is 54.3 Å². The number of hydrogen-bond donors (Lipinski definition) is 1. The van der Waals surface area contributed by atoms with Crippen molar-refractivity contribution in [3.63, 3.8) is 0 Å². The molecule has 5 nitrogen and oxygen atoms in total. The zero-order valence-corrected chi connectivity index (χ0v) is 18.3. The lowest BCUT2D eigenvalue weighted by atomic mass is 9.92. The van der Waals surface area contributed by atoms with E-state index in [4.69, 9.17) is 6.42 Å². The number of nitrogens with one attached hydrogen (secondary N) is 1. The fourth-order valence-corrected chi connectivity index (χ4v) is 4.56. The standard InChI is InChI=1S/C28H23N3O2/c1-3-4-16-30(2)18-31-17-23(21-13-7-8-15-24(21)31)26-25(27(32)29-28(26)33)22-14-9-11-19-10-5-6-12-20(19)22/h1,5-15,17H,4,16,18H2,2H3,(H,29,32,33). The minimum atomic E-state index is -0.369. The Kier molecular flexibility index (Phi) is 5.29. The summed E-state index contributed by atoms with van der Waals surface area (Å²) >= 11 is 0. The van der Waals surface area contributed by atoms with Crippen molar-refractivity contribution in [1.29, 1.82) is 0 Å². The third-order valence-electron chi connectivity index (χ3n) is 6.08. The predicted octanol–water partition coefficient (Wildman–Crippen LogP) is 4.27. The lowest BCUT2D eigenvalue weighted by molar-refractivity contribution is -0.122. The number of imide groups is 1. The van der Waals surface area contributed by atoms with Crippen LogP contribution in [0.3, 0.4) is 0 Å². The van der Waals surface area contributed by atoms with Gasteiger partial charge in [0.15, 0.2) is 0 Å². The second-order valence-electron chi connectivity index (χ2n) is 8.26. The maximum Gasteiger partial charge on any atom is 0.259 e. The van der Waals surface area contributed by atoms with Crippen LogP contribution in [0.15, 0.2) is 72.9 Å². The molecule has 1 aliphatic heterocycles. The predicted molar refractivity (Wildman–Crippen MR) is 132 cm³/mol. The number of benzene rings is 3. The van der Waals surface area contributed by atoms with Crippen LogP contribution >= 0.6 is 0 Å². The van der Waals surface area contributed by atoms with Crippen molar-refractivity contribution in [1.82, 2.24) is 14.8 Å². The molecule has 2 amide bonds. The molecule has 0 fully saturated rings. The summed E-state index contributed by atoms with van der Waals surface area (Å²) in [6.07, 6.45) is 8.05. The van der Waals surface area contributed by atoms with Crippen molar-refractivity contribution < 1.29 is 9.59 Å². The first-order valence-electron chi connectivity index (χ1n) is 10.9. The molecule has 0 saturated carbocycles. The first kappa shape index (κ1) is 20.7. The van der Waals surface area contributed by atoms with Crippen molar-refractivity contribution in [2.75, 3.05) is 13.6 Å². The Bertz CT molecular complexity index is 1480. The quantitative estimate of drug-likeness (QED) is 0.365. The zero-order valence-electron chi connectivity index (χ0n) is 18.3. The molecule has 0 spiro atoms. The highest BCUT2D eigenvalue weighted by molar-refractivity contribution is 6.50. The van der Waals surface area contributed by atoms with Gasteiger partial charge in [-0.2, -0.15) is 0 Å². The van der Waals surface area contributed by atoms with Crippen LogP contribution in [-0.4, -0.2) is 34.9 Å². The Labute approximate surface area is 192 Å². The van der Waals surface area contributed by atoms with E-state index < -0.39 is 0 Å². The smallest absolute Gasteiger partial charge is 0.259 e. The third kappa shape index (κ3) is 3.61. The summed E-state index contributed by atoms with van der Waals surface area (Å²) in [5, 5.41) is 5.42. The summed E-state index contributed by atoms with van der Waals surface area (Å²) in [6.45, 7) is 1.38. The molecule has 1 aromatic heterocycles. The number of para-hydroxylation sites is 1. The molecule has 1 aliphatic rings. The van der Waals surface area contributed by atoms with E-state index in [0.717, 1.165) is 39.3 Å². The van der Waals surface area contributed by atoms with Crippen molar-refractivity contribution in [2.45, 2.75) is 13.1 Å². The number of terminal acetylenes is 1. The van der Waals surface area contributed by atoms with Gasteiger partial charge in [-0.1, -0.05) is 60.7 Å². The first-order chi connectivity index (χ1) is 16.1. The third-order valence-corrected chi connectivity index (χ3v) is 6.08. The molecule has 0 atom stereocenters. The van der Waals surface area contributed by atoms with Gasteiger partial charge in [-0.05, 0) is 29.4 Å². The Balaban J connectivity index is 1.72. The van der Waals surface area contributed by atoms with Crippen molar-refractivity contribution in [2.24, 2.45) is 0 Å². The van der Waals surface area contributed by atoms with Gasteiger partial charge in [-0.15, -0.1) is 12.3 Å². The molecule has 2 heterocycles. The monoisotopic (exact) mass is 433 g/mol. The fourth-order valence-electron chi connectivity index (χ4n) is 4.56. The van der Waals surface area contributed by atoms with E-state index in [2.05, 4.69) is 20.7 Å². The average molecular weight is 434 g/mol. The zero-order chi connectivity index (χ0) is 22.9. The average Bonchev–Trinajstić information content (AvgIpc) is 3.33. The van der Waals surface area contributed by atoms with E-state index >= 15 is 0 Å². The van der Waals surface area contributed by atoms with Gasteiger partial charge in [0.1, 0.15) is 0 Å². The van der Waals surface area contributed by atoms with Crippen molar-refractivity contribution in [3.05, 3.63) is 84.1 Å². The van der Waals surface area contributed by atoms with E-state index in [9.17, 15) is 9.59 Å². The number of aromatic nitrogens is 1. The number of amides is 2. The summed E-state index contributed by atoms with van der Waals surface area (Å²) in [5.74, 6) is 1.94. The molecule has 0 aliphatic carbocycles. The number of nitrogens with zero attached hydrogens (tertiary/aromatic N) is 2. The molecule has 5 rings (SSSR count). The molecular weight excluding hydrogens is 410 g/mol. The van der Waals surface area contributed by atoms with Crippen LogP contribution in [0, 0.1) is 12.3 Å². The van der Waals surface area contributed by atoms with E-state index in [1.807, 2.05) is 80.0 Å². The van der Waals surface area contributed by atoms with Crippen molar-refractivity contribution in [3.8, 4) is 12.3 Å². The van der Waals surface area contributed by atoms with E-state index in [0.29, 0.717) is 24.2 Å². The summed E-state index contributed by atoms with van der Waals surface area (Å²) in [6, 6.07) is 21.7. The minimum Gasteiger partial charge on any atom is -0.333 e. The fraction of sp³-hybridized carbons (Fsp3) is 0.143.